The van der Waals surface area contributed by atoms with Crippen LogP contribution in [-0.2, 0) is 0 Å². The predicted molar refractivity (Wildman–Crippen MR) is 305 cm³/mol. The number of hydrogen-bond donors (Lipinski definition) is 0. The lowest BCUT2D eigenvalue weighted by atomic mass is 9.95. The second-order valence-electron chi connectivity index (χ2n) is 21.0. The molecular formula is C68H54N2O3. The molecule has 0 amide bonds. The maximum absolute atomic E-state index is 7.36. The smallest absolute Gasteiger partial charge is 0.159 e. The minimum Gasteiger partial charge on any atom is -0.456 e. The molecule has 0 N–H and O–H groups in total. The van der Waals surface area contributed by atoms with Crippen LogP contribution >= 0.6 is 0 Å². The van der Waals surface area contributed by atoms with Gasteiger partial charge in [0, 0.05) is 66.6 Å². The summed E-state index contributed by atoms with van der Waals surface area (Å²) in [6.45, 7) is 4.34. The second-order valence-corrected chi connectivity index (χ2v) is 21.0. The van der Waals surface area contributed by atoms with Crippen molar-refractivity contribution < 1.29 is 13.3 Å². The van der Waals surface area contributed by atoms with Crippen LogP contribution in [0.15, 0.2) is 195 Å². The molecule has 0 atom stereocenters. The van der Waals surface area contributed by atoms with Gasteiger partial charge in [-0.25, -0.2) is 0 Å². The van der Waals surface area contributed by atoms with E-state index in [0.29, 0.717) is 11.8 Å². The molecular weight excluding hydrogens is 893 g/mol. The third-order valence-electron chi connectivity index (χ3n) is 16.6. The maximum atomic E-state index is 7.36. The van der Waals surface area contributed by atoms with E-state index in [0.717, 1.165) is 111 Å². The van der Waals surface area contributed by atoms with Crippen LogP contribution < -0.4 is 9.80 Å². The lowest BCUT2D eigenvalue weighted by Gasteiger charge is -2.27. The Morgan fingerprint density at radius 3 is 1.12 bits per heavy atom. The van der Waals surface area contributed by atoms with Crippen LogP contribution in [-0.4, -0.2) is 0 Å². The topological polar surface area (TPSA) is 45.9 Å². The highest BCUT2D eigenvalue weighted by molar-refractivity contribution is 6.30. The molecule has 2 aliphatic rings. The summed E-state index contributed by atoms with van der Waals surface area (Å²) in [5.41, 5.74) is 16.7. The first-order chi connectivity index (χ1) is 36.0. The Kier molecular flexibility index (Phi) is 9.67. The third-order valence-corrected chi connectivity index (χ3v) is 16.6. The molecule has 2 aliphatic carbocycles. The molecule has 3 heterocycles. The highest BCUT2D eigenvalue weighted by Gasteiger charge is 2.29. The van der Waals surface area contributed by atoms with Crippen molar-refractivity contribution in [2.75, 3.05) is 9.80 Å². The highest BCUT2D eigenvalue weighted by atomic mass is 16.3. The molecule has 0 spiro atoms. The van der Waals surface area contributed by atoms with Gasteiger partial charge in [-0.3, -0.25) is 0 Å². The van der Waals surface area contributed by atoms with E-state index in [2.05, 4.69) is 206 Å². The maximum Gasteiger partial charge on any atom is 0.159 e. The first-order valence-electron chi connectivity index (χ1n) is 26.5. The van der Waals surface area contributed by atoms with E-state index in [1.165, 1.54) is 84.4 Å². The molecule has 15 rings (SSSR count). The van der Waals surface area contributed by atoms with Gasteiger partial charge in [-0.2, -0.15) is 0 Å². The molecule has 73 heavy (non-hydrogen) atoms. The molecule has 354 valence electrons. The van der Waals surface area contributed by atoms with Gasteiger partial charge in [-0.1, -0.05) is 159 Å². The number of furan rings is 3. The minimum absolute atomic E-state index is 0.522. The molecule has 2 saturated carbocycles. The summed E-state index contributed by atoms with van der Waals surface area (Å²) in [4.78, 5) is 4.80. The Hall–Kier alpha value is -8.28. The van der Waals surface area contributed by atoms with Crippen LogP contribution in [0.1, 0.15) is 85.5 Å². The number of fused-ring (bicyclic) bond motifs is 13. The quantitative estimate of drug-likeness (QED) is 0.152. The van der Waals surface area contributed by atoms with Gasteiger partial charge < -0.3 is 23.1 Å². The first-order valence-corrected chi connectivity index (χ1v) is 26.5. The summed E-state index contributed by atoms with van der Waals surface area (Å²) in [7, 11) is 0. The molecule has 2 fully saturated rings. The molecule has 10 aromatic carbocycles. The van der Waals surface area contributed by atoms with E-state index in [-0.39, 0.29) is 0 Å². The number of rotatable bonds is 8. The molecule has 5 heteroatoms. The summed E-state index contributed by atoms with van der Waals surface area (Å²) < 4.78 is 21.7. The molecule has 0 unspecified atom stereocenters. The fourth-order valence-corrected chi connectivity index (χ4v) is 13.3. The number of benzene rings is 10. The Bertz CT molecular complexity index is 4070. The van der Waals surface area contributed by atoms with Crippen molar-refractivity contribution in [3.8, 4) is 0 Å². The van der Waals surface area contributed by atoms with Crippen molar-refractivity contribution in [3.63, 3.8) is 0 Å². The number of anilines is 6. The van der Waals surface area contributed by atoms with Gasteiger partial charge >= 0.3 is 0 Å². The van der Waals surface area contributed by atoms with Gasteiger partial charge in [0.2, 0.25) is 0 Å². The van der Waals surface area contributed by atoms with Crippen molar-refractivity contribution in [1.82, 2.24) is 0 Å². The summed E-state index contributed by atoms with van der Waals surface area (Å²) in [5.74, 6) is 1.04. The number of hydrogen-bond acceptors (Lipinski definition) is 5. The van der Waals surface area contributed by atoms with E-state index < -0.39 is 0 Å². The summed E-state index contributed by atoms with van der Waals surface area (Å²) in [5, 5.41) is 11.3. The Morgan fingerprint density at radius 2 is 0.699 bits per heavy atom. The SMILES string of the molecule is Cc1cccc(N(c2cc3oc4cc(N(c5cccc(C)c5)c5cccc6c5oc5c(C7CCCC7)cccc56)c5ccccc5c4c3c3ccccc23)c2cccc3c2oc2c(C4CCCC4)cccc23)c1. The van der Waals surface area contributed by atoms with Crippen LogP contribution in [0.4, 0.5) is 34.1 Å². The number of para-hydroxylation sites is 4. The number of aryl methyl sites for hydroxylation is 2. The lowest BCUT2D eigenvalue weighted by molar-refractivity contribution is 0.643. The second kappa shape index (κ2) is 16.6. The van der Waals surface area contributed by atoms with Gasteiger partial charge in [0.1, 0.15) is 22.3 Å². The normalized spacial score (nSPS) is 14.7. The molecule has 13 aromatic rings. The molecule has 5 nitrogen and oxygen atoms in total. The van der Waals surface area contributed by atoms with Crippen LogP contribution in [0, 0.1) is 13.8 Å². The van der Waals surface area contributed by atoms with Gasteiger partial charge in [0.15, 0.2) is 11.2 Å². The lowest BCUT2D eigenvalue weighted by Crippen LogP contribution is -2.11. The monoisotopic (exact) mass is 946 g/mol. The average Bonchev–Trinajstić information content (AvgIpc) is 4.29. The highest BCUT2D eigenvalue weighted by Crippen LogP contribution is 2.53. The Labute approximate surface area is 423 Å². The van der Waals surface area contributed by atoms with E-state index in [1.54, 1.807) is 0 Å². The van der Waals surface area contributed by atoms with Crippen LogP contribution in [0.25, 0.3) is 87.4 Å². The number of nitrogens with zero attached hydrogens (tertiary/aromatic N) is 2. The van der Waals surface area contributed by atoms with Gasteiger partial charge in [0.05, 0.1) is 22.7 Å². The van der Waals surface area contributed by atoms with Crippen LogP contribution in [0.2, 0.25) is 0 Å². The van der Waals surface area contributed by atoms with Crippen LogP contribution in [0.5, 0.6) is 0 Å². The molecule has 0 bridgehead atoms. The fraction of sp³-hybridized carbons (Fsp3) is 0.176. The molecule has 0 saturated heterocycles. The Morgan fingerprint density at radius 1 is 0.329 bits per heavy atom. The minimum atomic E-state index is 0.522. The van der Waals surface area contributed by atoms with Gasteiger partial charge in [0.25, 0.3) is 0 Å². The largest absolute Gasteiger partial charge is 0.456 e. The molecule has 0 radical (unpaired) electrons. The predicted octanol–water partition coefficient (Wildman–Crippen LogP) is 20.6. The zero-order chi connectivity index (χ0) is 48.3. The van der Waals surface area contributed by atoms with E-state index in [4.69, 9.17) is 13.3 Å². The summed E-state index contributed by atoms with van der Waals surface area (Å²) in [6, 6.07) is 66.7. The first kappa shape index (κ1) is 42.4. The van der Waals surface area contributed by atoms with Gasteiger partial charge in [-0.15, -0.1) is 0 Å². The van der Waals surface area contributed by atoms with Gasteiger partial charge in [-0.05, 0) is 121 Å². The Balaban J connectivity index is 0.983. The average molecular weight is 947 g/mol. The zero-order valence-electron chi connectivity index (χ0n) is 41.3. The van der Waals surface area contributed by atoms with E-state index in [9.17, 15) is 0 Å². The van der Waals surface area contributed by atoms with Crippen molar-refractivity contribution in [2.24, 2.45) is 0 Å². The van der Waals surface area contributed by atoms with Crippen molar-refractivity contribution in [2.45, 2.75) is 77.0 Å². The van der Waals surface area contributed by atoms with Crippen LogP contribution in [0.3, 0.4) is 0 Å². The summed E-state index contributed by atoms with van der Waals surface area (Å²) in [6.07, 6.45) is 9.92. The van der Waals surface area contributed by atoms with E-state index in [1.807, 2.05) is 0 Å². The standard InChI is InChI=1S/C68H54N2O3/c1-41-17-11-23-45(37-41)69(57-35-15-33-55-53-31-13-29-47(43-19-3-4-20-43)65(53)72-67(55)57)59-39-61-63(51-27-9-7-25-49(51)59)64-52-28-10-8-26-50(52)60(40-62(64)71-61)70(46-24-12-18-42(2)38-46)58-36-16-34-56-54-32-14-30-48(44-21-5-6-22-44)66(54)73-68(56)58/h7-18,23-40,43-44H,3-6,19-22H2,1-2H3. The fourth-order valence-electron chi connectivity index (χ4n) is 13.3. The molecule has 3 aromatic heterocycles. The molecule has 0 aliphatic heterocycles. The van der Waals surface area contributed by atoms with Crippen molar-refractivity contribution >= 4 is 121 Å². The zero-order valence-corrected chi connectivity index (χ0v) is 41.3. The summed E-state index contributed by atoms with van der Waals surface area (Å²) >= 11 is 0. The van der Waals surface area contributed by atoms with Crippen molar-refractivity contribution in [1.29, 1.82) is 0 Å². The van der Waals surface area contributed by atoms with E-state index >= 15 is 0 Å². The third kappa shape index (κ3) is 6.60. The van der Waals surface area contributed by atoms with Crippen molar-refractivity contribution in [3.05, 3.63) is 204 Å².